The normalized spacial score (nSPS) is 15.4. The van der Waals surface area contributed by atoms with Crippen LogP contribution < -0.4 is 4.74 Å². The van der Waals surface area contributed by atoms with Crippen LogP contribution in [0, 0.1) is 0 Å². The predicted molar refractivity (Wildman–Crippen MR) is 101 cm³/mol. The zero-order valence-corrected chi connectivity index (χ0v) is 15.4. The fraction of sp³-hybridized carbons (Fsp3) is 0.682. The Morgan fingerprint density at radius 2 is 1.71 bits per heavy atom. The minimum Gasteiger partial charge on any atom is -0.428 e. The smallest absolute Gasteiger partial charge is 0.298 e. The number of hydrogen-bond acceptors (Lipinski definition) is 2. The van der Waals surface area contributed by atoms with Crippen molar-refractivity contribution in [2.75, 3.05) is 0 Å². The number of carbonyl (C=O) groups is 1. The number of hydrogen-bond donors (Lipinski definition) is 0. The van der Waals surface area contributed by atoms with E-state index in [4.69, 9.17) is 4.74 Å². The lowest BCUT2D eigenvalue weighted by Crippen LogP contribution is -2.10. The van der Waals surface area contributed by atoms with Crippen LogP contribution in [0.2, 0.25) is 0 Å². The molecule has 0 unspecified atom stereocenters. The van der Waals surface area contributed by atoms with E-state index in [1.807, 2.05) is 12.1 Å². The van der Waals surface area contributed by atoms with E-state index in [2.05, 4.69) is 13.0 Å². The quantitative estimate of drug-likeness (QED) is 0.339. The molecule has 0 atom stereocenters. The molecule has 0 bridgehead atoms. The van der Waals surface area contributed by atoms with Crippen LogP contribution in [0.4, 0.5) is 0 Å². The lowest BCUT2D eigenvalue weighted by Gasteiger charge is -2.26. The van der Waals surface area contributed by atoms with Gasteiger partial charge in [-0.2, -0.15) is 0 Å². The Morgan fingerprint density at radius 1 is 1.00 bits per heavy atom. The molecular formula is C22H34O2. The molecule has 2 nitrogen and oxygen atoms in total. The Kier molecular flexibility index (Phi) is 8.94. The molecule has 0 aromatic heterocycles. The molecule has 0 N–H and O–H groups in total. The summed E-state index contributed by atoms with van der Waals surface area (Å²) in [7, 11) is 0. The Hall–Kier alpha value is -1.31. The van der Waals surface area contributed by atoms with Crippen molar-refractivity contribution in [1.29, 1.82) is 0 Å². The molecule has 0 amide bonds. The monoisotopic (exact) mass is 330 g/mol. The van der Waals surface area contributed by atoms with Crippen molar-refractivity contribution in [2.24, 2.45) is 0 Å². The highest BCUT2D eigenvalue weighted by molar-refractivity contribution is 5.51. The van der Waals surface area contributed by atoms with Crippen LogP contribution in [0.5, 0.6) is 5.75 Å². The molecule has 24 heavy (non-hydrogen) atoms. The Bertz CT molecular complexity index is 475. The zero-order chi connectivity index (χ0) is 17.0. The highest BCUT2D eigenvalue weighted by atomic mass is 16.5. The fourth-order valence-electron chi connectivity index (χ4n) is 4.09. The molecule has 0 spiro atoms. The van der Waals surface area contributed by atoms with Gasteiger partial charge in [0.15, 0.2) is 0 Å². The van der Waals surface area contributed by atoms with Crippen LogP contribution in [-0.4, -0.2) is 6.47 Å². The van der Waals surface area contributed by atoms with Gasteiger partial charge in [0.25, 0.3) is 6.47 Å². The van der Waals surface area contributed by atoms with E-state index < -0.39 is 0 Å². The van der Waals surface area contributed by atoms with Crippen molar-refractivity contribution >= 4 is 6.47 Å². The second kappa shape index (κ2) is 11.3. The summed E-state index contributed by atoms with van der Waals surface area (Å²) < 4.78 is 5.32. The molecule has 0 heterocycles. The number of rotatable bonds is 11. The summed E-state index contributed by atoms with van der Waals surface area (Å²) in [5, 5.41) is 0. The standard InChI is InChI=1S/C22H34O2/c1-2-3-4-5-6-7-9-13-20-16-12-17-21(24-18-23)22(20)19-14-10-8-11-15-19/h12,16-19H,2-11,13-15H2,1H3. The van der Waals surface area contributed by atoms with Gasteiger partial charge in [-0.3, -0.25) is 4.79 Å². The van der Waals surface area contributed by atoms with Crippen molar-refractivity contribution in [1.82, 2.24) is 0 Å². The zero-order valence-electron chi connectivity index (χ0n) is 15.4. The largest absolute Gasteiger partial charge is 0.428 e. The SMILES string of the molecule is CCCCCCCCCc1cccc(OC=O)c1C1CCCCC1. The molecule has 0 saturated heterocycles. The summed E-state index contributed by atoms with van der Waals surface area (Å²) in [5.74, 6) is 1.38. The summed E-state index contributed by atoms with van der Waals surface area (Å²) in [6.45, 7) is 2.85. The summed E-state index contributed by atoms with van der Waals surface area (Å²) in [4.78, 5) is 10.9. The van der Waals surface area contributed by atoms with Gasteiger partial charge in [0, 0.05) is 5.56 Å². The average molecular weight is 331 g/mol. The van der Waals surface area contributed by atoms with E-state index >= 15 is 0 Å². The first-order chi connectivity index (χ1) is 11.9. The van der Waals surface area contributed by atoms with Gasteiger partial charge in [-0.15, -0.1) is 0 Å². The van der Waals surface area contributed by atoms with Crippen LogP contribution in [0.3, 0.4) is 0 Å². The summed E-state index contributed by atoms with van der Waals surface area (Å²) >= 11 is 0. The molecular weight excluding hydrogens is 296 g/mol. The molecule has 1 aromatic carbocycles. The number of aryl methyl sites for hydroxylation is 1. The fourth-order valence-corrected chi connectivity index (χ4v) is 4.09. The second-order valence-electron chi connectivity index (χ2n) is 7.25. The van der Waals surface area contributed by atoms with Gasteiger partial charge in [0.05, 0.1) is 0 Å². The maximum atomic E-state index is 10.9. The number of benzene rings is 1. The maximum absolute atomic E-state index is 10.9. The molecule has 1 saturated carbocycles. The minimum atomic E-state index is 0.578. The van der Waals surface area contributed by atoms with Crippen molar-refractivity contribution in [2.45, 2.75) is 96.3 Å². The number of carbonyl (C=O) groups excluding carboxylic acids is 1. The molecule has 1 aliphatic carbocycles. The molecule has 1 aliphatic rings. The predicted octanol–water partition coefficient (Wildman–Crippen LogP) is 6.56. The molecule has 2 rings (SSSR count). The van der Waals surface area contributed by atoms with Crippen molar-refractivity contribution in [3.05, 3.63) is 29.3 Å². The Labute approximate surface area is 148 Å². The van der Waals surface area contributed by atoms with Crippen LogP contribution in [-0.2, 0) is 11.2 Å². The van der Waals surface area contributed by atoms with Gasteiger partial charge < -0.3 is 4.74 Å². The summed E-state index contributed by atoms with van der Waals surface area (Å²) in [6.07, 6.45) is 16.9. The van der Waals surface area contributed by atoms with Gasteiger partial charge in [-0.25, -0.2) is 0 Å². The molecule has 2 heteroatoms. The van der Waals surface area contributed by atoms with Gasteiger partial charge in [-0.05, 0) is 43.2 Å². The van der Waals surface area contributed by atoms with Gasteiger partial charge in [-0.1, -0.05) is 76.8 Å². The summed E-state index contributed by atoms with van der Waals surface area (Å²) in [5.41, 5.74) is 2.74. The van der Waals surface area contributed by atoms with E-state index in [0.29, 0.717) is 12.4 Å². The molecule has 1 aromatic rings. The first-order valence-electron chi connectivity index (χ1n) is 10.1. The van der Waals surface area contributed by atoms with Crippen LogP contribution in [0.25, 0.3) is 0 Å². The average Bonchev–Trinajstić information content (AvgIpc) is 2.62. The third-order valence-corrected chi connectivity index (χ3v) is 5.39. The maximum Gasteiger partial charge on any atom is 0.298 e. The second-order valence-corrected chi connectivity index (χ2v) is 7.25. The van der Waals surface area contributed by atoms with Crippen LogP contribution >= 0.6 is 0 Å². The first-order valence-corrected chi connectivity index (χ1v) is 10.1. The highest BCUT2D eigenvalue weighted by Crippen LogP contribution is 2.40. The van der Waals surface area contributed by atoms with E-state index in [0.717, 1.165) is 12.2 Å². The molecule has 0 aliphatic heterocycles. The Morgan fingerprint density at radius 3 is 2.42 bits per heavy atom. The summed E-state index contributed by atoms with van der Waals surface area (Å²) in [6, 6.07) is 6.26. The molecule has 0 radical (unpaired) electrons. The van der Waals surface area contributed by atoms with E-state index in [1.54, 1.807) is 0 Å². The minimum absolute atomic E-state index is 0.578. The number of ether oxygens (including phenoxy) is 1. The van der Waals surface area contributed by atoms with E-state index in [9.17, 15) is 4.79 Å². The lowest BCUT2D eigenvalue weighted by atomic mass is 9.80. The topological polar surface area (TPSA) is 26.3 Å². The number of unbranched alkanes of at least 4 members (excludes halogenated alkanes) is 6. The molecule has 1 fully saturated rings. The van der Waals surface area contributed by atoms with Crippen LogP contribution in [0.15, 0.2) is 18.2 Å². The van der Waals surface area contributed by atoms with Crippen molar-refractivity contribution in [3.8, 4) is 5.75 Å². The van der Waals surface area contributed by atoms with Gasteiger partial charge in [0.1, 0.15) is 5.75 Å². The van der Waals surface area contributed by atoms with E-state index in [-0.39, 0.29) is 0 Å². The highest BCUT2D eigenvalue weighted by Gasteiger charge is 2.22. The Balaban J connectivity index is 1.94. The van der Waals surface area contributed by atoms with Gasteiger partial charge in [0.2, 0.25) is 0 Å². The molecule has 134 valence electrons. The third-order valence-electron chi connectivity index (χ3n) is 5.39. The van der Waals surface area contributed by atoms with E-state index in [1.165, 1.54) is 88.2 Å². The van der Waals surface area contributed by atoms with Crippen molar-refractivity contribution in [3.63, 3.8) is 0 Å². The lowest BCUT2D eigenvalue weighted by molar-refractivity contribution is -0.120. The third kappa shape index (κ3) is 5.96. The van der Waals surface area contributed by atoms with Gasteiger partial charge >= 0.3 is 0 Å². The van der Waals surface area contributed by atoms with Crippen molar-refractivity contribution < 1.29 is 9.53 Å². The first kappa shape index (κ1) is 19.0. The van der Waals surface area contributed by atoms with Crippen LogP contribution in [0.1, 0.15) is 101 Å².